The van der Waals surface area contributed by atoms with Crippen LogP contribution >= 0.6 is 0 Å². The number of carbonyl (C=O) groups excluding carboxylic acids is 2. The van der Waals surface area contributed by atoms with Gasteiger partial charge in [-0.3, -0.25) is 4.90 Å². The molecule has 1 aliphatic rings. The SMILES string of the molecule is O=C(OCc1ccccc1)[C@@H]1C[C@](O)(c2ccccc2)CN1C(=O)OCc1ccccc1. The van der Waals surface area contributed by atoms with Gasteiger partial charge in [-0.05, 0) is 16.7 Å². The summed E-state index contributed by atoms with van der Waals surface area (Å²) >= 11 is 0. The van der Waals surface area contributed by atoms with E-state index in [2.05, 4.69) is 0 Å². The summed E-state index contributed by atoms with van der Waals surface area (Å²) in [5.41, 5.74) is 0.944. The highest BCUT2D eigenvalue weighted by atomic mass is 16.6. The Morgan fingerprint density at radius 3 is 1.88 bits per heavy atom. The summed E-state index contributed by atoms with van der Waals surface area (Å²) in [6, 6.07) is 26.7. The number of nitrogens with zero attached hydrogens (tertiary/aromatic N) is 1. The molecule has 32 heavy (non-hydrogen) atoms. The lowest BCUT2D eigenvalue weighted by Gasteiger charge is -2.24. The molecule has 0 bridgehead atoms. The van der Waals surface area contributed by atoms with Gasteiger partial charge >= 0.3 is 12.1 Å². The van der Waals surface area contributed by atoms with E-state index in [0.717, 1.165) is 11.1 Å². The van der Waals surface area contributed by atoms with Gasteiger partial charge in [-0.2, -0.15) is 0 Å². The maximum atomic E-state index is 12.9. The largest absolute Gasteiger partial charge is 0.459 e. The molecule has 0 radical (unpaired) electrons. The molecular weight excluding hydrogens is 406 g/mol. The quantitative estimate of drug-likeness (QED) is 0.597. The monoisotopic (exact) mass is 431 g/mol. The summed E-state index contributed by atoms with van der Waals surface area (Å²) in [6.45, 7) is 0.105. The van der Waals surface area contributed by atoms with E-state index in [-0.39, 0.29) is 26.2 Å². The van der Waals surface area contributed by atoms with Gasteiger partial charge in [0.05, 0.1) is 6.54 Å². The van der Waals surface area contributed by atoms with Crippen molar-refractivity contribution in [3.8, 4) is 0 Å². The maximum absolute atomic E-state index is 12.9. The second kappa shape index (κ2) is 9.66. The molecule has 3 aromatic carbocycles. The number of carbonyl (C=O) groups is 2. The van der Waals surface area contributed by atoms with Crippen molar-refractivity contribution >= 4 is 12.1 Å². The van der Waals surface area contributed by atoms with Gasteiger partial charge in [-0.1, -0.05) is 91.0 Å². The molecule has 1 heterocycles. The Labute approximate surface area is 187 Å². The lowest BCUT2D eigenvalue weighted by Crippen LogP contribution is -2.42. The van der Waals surface area contributed by atoms with Gasteiger partial charge in [0.25, 0.3) is 0 Å². The number of rotatable bonds is 6. The zero-order valence-electron chi connectivity index (χ0n) is 17.6. The fraction of sp³-hybridized carbons (Fsp3) is 0.231. The van der Waals surface area contributed by atoms with Crippen LogP contribution < -0.4 is 0 Å². The van der Waals surface area contributed by atoms with Crippen LogP contribution in [0.25, 0.3) is 0 Å². The molecule has 1 saturated heterocycles. The van der Waals surface area contributed by atoms with Crippen molar-refractivity contribution in [3.05, 3.63) is 108 Å². The second-order valence-corrected chi connectivity index (χ2v) is 7.88. The first kappa shape index (κ1) is 21.6. The molecule has 6 nitrogen and oxygen atoms in total. The first-order chi connectivity index (χ1) is 15.5. The van der Waals surface area contributed by atoms with E-state index < -0.39 is 23.7 Å². The van der Waals surface area contributed by atoms with Crippen LogP contribution in [-0.4, -0.2) is 34.7 Å². The molecule has 4 rings (SSSR count). The lowest BCUT2D eigenvalue weighted by atomic mass is 9.91. The highest BCUT2D eigenvalue weighted by molar-refractivity contribution is 5.82. The van der Waals surface area contributed by atoms with E-state index >= 15 is 0 Å². The van der Waals surface area contributed by atoms with Crippen molar-refractivity contribution < 1.29 is 24.2 Å². The summed E-state index contributed by atoms with van der Waals surface area (Å²) in [5.74, 6) is -0.572. The van der Waals surface area contributed by atoms with Gasteiger partial charge in [0.15, 0.2) is 0 Å². The van der Waals surface area contributed by atoms with E-state index in [1.165, 1.54) is 4.90 Å². The van der Waals surface area contributed by atoms with Crippen LogP contribution in [-0.2, 0) is 33.1 Å². The fourth-order valence-electron chi connectivity index (χ4n) is 3.87. The van der Waals surface area contributed by atoms with Crippen molar-refractivity contribution in [3.63, 3.8) is 0 Å². The van der Waals surface area contributed by atoms with E-state index in [9.17, 15) is 14.7 Å². The minimum Gasteiger partial charge on any atom is -0.459 e. The average Bonchev–Trinajstić information content (AvgIpc) is 3.22. The van der Waals surface area contributed by atoms with E-state index in [1.807, 2.05) is 78.9 Å². The molecule has 2 atom stereocenters. The van der Waals surface area contributed by atoms with E-state index in [4.69, 9.17) is 9.47 Å². The highest BCUT2D eigenvalue weighted by Crippen LogP contribution is 2.37. The van der Waals surface area contributed by atoms with Crippen LogP contribution in [0.4, 0.5) is 4.79 Å². The Kier molecular flexibility index (Phi) is 6.52. The number of β-amino-alcohol motifs (C(OH)–C–C–N with tert-alkyl or cyclic N) is 1. The Morgan fingerprint density at radius 1 is 0.812 bits per heavy atom. The summed E-state index contributed by atoms with van der Waals surface area (Å²) in [6.07, 6.45) is -0.632. The van der Waals surface area contributed by atoms with Crippen molar-refractivity contribution in [1.82, 2.24) is 4.90 Å². The summed E-state index contributed by atoms with van der Waals surface area (Å²) in [7, 11) is 0. The van der Waals surface area contributed by atoms with Crippen LogP contribution in [0, 0.1) is 0 Å². The second-order valence-electron chi connectivity index (χ2n) is 7.88. The van der Waals surface area contributed by atoms with Gasteiger partial charge in [-0.15, -0.1) is 0 Å². The number of benzene rings is 3. The average molecular weight is 431 g/mol. The van der Waals surface area contributed by atoms with Crippen LogP contribution in [0.1, 0.15) is 23.1 Å². The smallest absolute Gasteiger partial charge is 0.410 e. The minimum absolute atomic E-state index is 0.0328. The predicted octanol–water partition coefficient (Wildman–Crippen LogP) is 4.03. The summed E-state index contributed by atoms with van der Waals surface area (Å²) in [5, 5.41) is 11.3. The van der Waals surface area contributed by atoms with Gasteiger partial charge in [0.1, 0.15) is 24.9 Å². The molecule has 0 aromatic heterocycles. The van der Waals surface area contributed by atoms with Crippen molar-refractivity contribution in [2.24, 2.45) is 0 Å². The lowest BCUT2D eigenvalue weighted by molar-refractivity contribution is -0.150. The maximum Gasteiger partial charge on any atom is 0.410 e. The zero-order valence-corrected chi connectivity index (χ0v) is 17.6. The zero-order chi connectivity index (χ0) is 22.4. The van der Waals surface area contributed by atoms with Crippen molar-refractivity contribution in [2.45, 2.75) is 31.3 Å². The Bertz CT molecular complexity index is 976. The number of hydrogen-bond donors (Lipinski definition) is 1. The molecule has 1 amide bonds. The number of amides is 1. The number of ether oxygens (including phenoxy) is 2. The predicted molar refractivity (Wildman–Crippen MR) is 118 cm³/mol. The van der Waals surface area contributed by atoms with Gasteiger partial charge in [0, 0.05) is 6.42 Å². The van der Waals surface area contributed by atoms with Gasteiger partial charge in [-0.25, -0.2) is 9.59 Å². The molecule has 164 valence electrons. The van der Waals surface area contributed by atoms with Crippen molar-refractivity contribution in [2.75, 3.05) is 6.54 Å². The molecule has 1 N–H and O–H groups in total. The molecule has 1 fully saturated rings. The molecule has 6 heteroatoms. The van der Waals surface area contributed by atoms with Gasteiger partial charge < -0.3 is 14.6 Å². The molecule has 0 spiro atoms. The fourth-order valence-corrected chi connectivity index (χ4v) is 3.87. The van der Waals surface area contributed by atoms with Crippen molar-refractivity contribution in [1.29, 1.82) is 0 Å². The first-order valence-corrected chi connectivity index (χ1v) is 10.5. The van der Waals surface area contributed by atoms with E-state index in [1.54, 1.807) is 12.1 Å². The minimum atomic E-state index is -1.37. The first-order valence-electron chi connectivity index (χ1n) is 10.5. The highest BCUT2D eigenvalue weighted by Gasteiger charge is 2.50. The normalized spacial score (nSPS) is 20.0. The third-order valence-electron chi connectivity index (χ3n) is 5.59. The van der Waals surface area contributed by atoms with Crippen LogP contribution in [0.15, 0.2) is 91.0 Å². The van der Waals surface area contributed by atoms with Gasteiger partial charge in [0.2, 0.25) is 0 Å². The molecule has 3 aromatic rings. The molecule has 1 aliphatic heterocycles. The number of likely N-dealkylation sites (tertiary alicyclic amines) is 1. The molecule has 0 saturated carbocycles. The standard InChI is InChI=1S/C26H25NO5/c28-24(31-17-20-10-4-1-5-11-20)23-16-26(30,22-14-8-3-9-15-22)19-27(23)25(29)32-18-21-12-6-2-7-13-21/h1-15,23,30H,16-19H2/t23-,26+/m0/s1. The topological polar surface area (TPSA) is 76.1 Å². The Balaban J connectivity index is 1.50. The molecule has 0 aliphatic carbocycles. The summed E-state index contributed by atoms with van der Waals surface area (Å²) < 4.78 is 10.9. The number of hydrogen-bond acceptors (Lipinski definition) is 5. The summed E-state index contributed by atoms with van der Waals surface area (Å²) in [4.78, 5) is 27.1. The third-order valence-corrected chi connectivity index (χ3v) is 5.59. The Hall–Kier alpha value is -3.64. The third kappa shape index (κ3) is 4.98. The molecular formula is C26H25NO5. The number of esters is 1. The van der Waals surface area contributed by atoms with Crippen LogP contribution in [0.2, 0.25) is 0 Å². The molecule has 0 unspecified atom stereocenters. The van der Waals surface area contributed by atoms with E-state index in [0.29, 0.717) is 5.56 Å². The Morgan fingerprint density at radius 2 is 1.31 bits per heavy atom. The van der Waals surface area contributed by atoms with Crippen LogP contribution in [0.3, 0.4) is 0 Å². The van der Waals surface area contributed by atoms with Crippen LogP contribution in [0.5, 0.6) is 0 Å². The number of aliphatic hydroxyl groups is 1.